The number of carbonyl (C=O) groups is 2. The van der Waals surface area contributed by atoms with Gasteiger partial charge in [-0.25, -0.2) is 9.18 Å². The number of benzene rings is 2. The van der Waals surface area contributed by atoms with Crippen LogP contribution in [0.2, 0.25) is 0 Å². The fourth-order valence-corrected chi connectivity index (χ4v) is 2.81. The summed E-state index contributed by atoms with van der Waals surface area (Å²) in [5, 5.41) is 2.97. The fourth-order valence-electron chi connectivity index (χ4n) is 2.81. The second-order valence-electron chi connectivity index (χ2n) is 5.96. The molecule has 2 aromatic rings. The number of likely N-dealkylation sites (N-methyl/N-ethyl adjacent to an activating group) is 2. The topological polar surface area (TPSA) is 58.6 Å². The summed E-state index contributed by atoms with van der Waals surface area (Å²) in [6, 6.07) is 13.6. The molecule has 0 radical (unpaired) electrons. The molecule has 2 unspecified atom stereocenters. The van der Waals surface area contributed by atoms with Crippen LogP contribution in [0.25, 0.3) is 0 Å². The van der Waals surface area contributed by atoms with Gasteiger partial charge in [-0.15, -0.1) is 0 Å². The monoisotopic (exact) mass is 358 g/mol. The Bertz CT molecular complexity index is 734. The van der Waals surface area contributed by atoms with Crippen molar-refractivity contribution in [2.24, 2.45) is 0 Å². The SMILES string of the molecule is CNC(Cc1ccc(F)cc1)C(=O)N(C)C(C(=O)OC)c1ccccc1. The van der Waals surface area contributed by atoms with Gasteiger partial charge in [0, 0.05) is 7.05 Å². The molecule has 0 aliphatic heterocycles. The zero-order chi connectivity index (χ0) is 19.1. The van der Waals surface area contributed by atoms with Crippen molar-refractivity contribution in [3.63, 3.8) is 0 Å². The van der Waals surface area contributed by atoms with Crippen molar-refractivity contribution in [1.29, 1.82) is 0 Å². The molecule has 26 heavy (non-hydrogen) atoms. The van der Waals surface area contributed by atoms with E-state index in [0.717, 1.165) is 5.56 Å². The summed E-state index contributed by atoms with van der Waals surface area (Å²) in [6.45, 7) is 0. The van der Waals surface area contributed by atoms with Crippen LogP contribution in [-0.4, -0.2) is 44.0 Å². The number of rotatable bonds is 7. The Kier molecular flexibility index (Phi) is 6.86. The summed E-state index contributed by atoms with van der Waals surface area (Å²) in [4.78, 5) is 26.6. The molecule has 1 amide bonds. The van der Waals surface area contributed by atoms with E-state index >= 15 is 0 Å². The number of esters is 1. The van der Waals surface area contributed by atoms with E-state index in [2.05, 4.69) is 5.32 Å². The van der Waals surface area contributed by atoms with E-state index in [4.69, 9.17) is 4.74 Å². The van der Waals surface area contributed by atoms with E-state index in [1.165, 1.54) is 24.1 Å². The average Bonchev–Trinajstić information content (AvgIpc) is 2.67. The Labute approximate surface area is 152 Å². The molecule has 2 aromatic carbocycles. The van der Waals surface area contributed by atoms with Crippen LogP contribution in [0.1, 0.15) is 17.2 Å². The number of amides is 1. The lowest BCUT2D eigenvalue weighted by molar-refractivity contribution is -0.152. The summed E-state index contributed by atoms with van der Waals surface area (Å²) in [6.07, 6.45) is 0.378. The minimum Gasteiger partial charge on any atom is -0.467 e. The van der Waals surface area contributed by atoms with Crippen LogP contribution in [-0.2, 0) is 20.7 Å². The first-order chi connectivity index (χ1) is 12.5. The molecule has 0 aliphatic carbocycles. The third-order valence-corrected chi connectivity index (χ3v) is 4.27. The van der Waals surface area contributed by atoms with E-state index in [0.29, 0.717) is 12.0 Å². The van der Waals surface area contributed by atoms with E-state index in [1.807, 2.05) is 6.07 Å². The maximum absolute atomic E-state index is 13.1. The molecule has 0 aliphatic rings. The van der Waals surface area contributed by atoms with E-state index in [1.54, 1.807) is 50.5 Å². The van der Waals surface area contributed by atoms with Crippen LogP contribution in [0.15, 0.2) is 54.6 Å². The zero-order valence-electron chi connectivity index (χ0n) is 15.1. The Balaban J connectivity index is 2.22. The van der Waals surface area contributed by atoms with Crippen LogP contribution < -0.4 is 5.32 Å². The Morgan fingerprint density at radius 1 is 1.12 bits per heavy atom. The van der Waals surface area contributed by atoms with Crippen LogP contribution in [0.3, 0.4) is 0 Å². The van der Waals surface area contributed by atoms with Gasteiger partial charge in [-0.05, 0) is 36.7 Å². The van der Waals surface area contributed by atoms with Gasteiger partial charge in [0.25, 0.3) is 0 Å². The fraction of sp³-hybridized carbons (Fsp3) is 0.300. The molecule has 0 saturated carbocycles. The van der Waals surface area contributed by atoms with Crippen LogP contribution in [0.4, 0.5) is 4.39 Å². The highest BCUT2D eigenvalue weighted by Crippen LogP contribution is 2.22. The van der Waals surface area contributed by atoms with Crippen molar-refractivity contribution in [2.45, 2.75) is 18.5 Å². The second kappa shape index (κ2) is 9.10. The molecule has 6 heteroatoms. The van der Waals surface area contributed by atoms with E-state index < -0.39 is 18.1 Å². The molecule has 0 spiro atoms. The third kappa shape index (κ3) is 4.67. The van der Waals surface area contributed by atoms with Gasteiger partial charge in [0.05, 0.1) is 13.2 Å². The van der Waals surface area contributed by atoms with Gasteiger partial charge < -0.3 is 15.0 Å². The maximum atomic E-state index is 13.1. The minimum absolute atomic E-state index is 0.254. The first kappa shape index (κ1) is 19.6. The lowest BCUT2D eigenvalue weighted by Gasteiger charge is -2.30. The standard InChI is InChI=1S/C20H23FN2O3/c1-22-17(13-14-9-11-16(21)12-10-14)19(24)23(2)18(20(25)26-3)15-7-5-4-6-8-15/h4-12,17-18,22H,13H2,1-3H3. The normalized spacial score (nSPS) is 12.9. The van der Waals surface area contributed by atoms with Crippen molar-refractivity contribution in [2.75, 3.05) is 21.2 Å². The summed E-state index contributed by atoms with van der Waals surface area (Å²) in [5.74, 6) is -1.09. The molecule has 1 N–H and O–H groups in total. The maximum Gasteiger partial charge on any atom is 0.333 e. The van der Waals surface area contributed by atoms with E-state index in [9.17, 15) is 14.0 Å². The van der Waals surface area contributed by atoms with Gasteiger partial charge in [-0.1, -0.05) is 42.5 Å². The van der Waals surface area contributed by atoms with Crippen molar-refractivity contribution in [3.05, 3.63) is 71.5 Å². The zero-order valence-corrected chi connectivity index (χ0v) is 15.1. The molecule has 0 heterocycles. The number of halogens is 1. The molecule has 138 valence electrons. The highest BCUT2D eigenvalue weighted by atomic mass is 19.1. The molecule has 0 saturated heterocycles. The van der Waals surface area contributed by atoms with Gasteiger partial charge in [0.15, 0.2) is 6.04 Å². The first-order valence-corrected chi connectivity index (χ1v) is 8.29. The first-order valence-electron chi connectivity index (χ1n) is 8.29. The number of methoxy groups -OCH3 is 1. The summed E-state index contributed by atoms with van der Waals surface area (Å²) < 4.78 is 18.0. The molecule has 2 atom stereocenters. The van der Waals surface area contributed by atoms with Gasteiger partial charge >= 0.3 is 5.97 Å². The summed E-state index contributed by atoms with van der Waals surface area (Å²) in [7, 11) is 4.55. The molecule has 0 aromatic heterocycles. The summed E-state index contributed by atoms with van der Waals surface area (Å²) >= 11 is 0. The van der Waals surface area contributed by atoms with Gasteiger partial charge in [0.2, 0.25) is 5.91 Å². The lowest BCUT2D eigenvalue weighted by Crippen LogP contribution is -2.48. The van der Waals surface area contributed by atoms with Crippen molar-refractivity contribution >= 4 is 11.9 Å². The van der Waals surface area contributed by atoms with Crippen LogP contribution >= 0.6 is 0 Å². The number of carbonyl (C=O) groups excluding carboxylic acids is 2. The van der Waals surface area contributed by atoms with Gasteiger partial charge in [-0.3, -0.25) is 4.79 Å². The third-order valence-electron chi connectivity index (χ3n) is 4.27. The number of hydrogen-bond donors (Lipinski definition) is 1. The quantitative estimate of drug-likeness (QED) is 0.772. The Morgan fingerprint density at radius 3 is 2.27 bits per heavy atom. The number of nitrogens with one attached hydrogen (secondary N) is 1. The van der Waals surface area contributed by atoms with E-state index in [-0.39, 0.29) is 11.7 Å². The van der Waals surface area contributed by atoms with Crippen molar-refractivity contribution < 1.29 is 18.7 Å². The van der Waals surface area contributed by atoms with Crippen LogP contribution in [0, 0.1) is 5.82 Å². The molecule has 2 rings (SSSR count). The number of hydrogen-bond acceptors (Lipinski definition) is 4. The predicted molar refractivity (Wildman–Crippen MR) is 96.9 cm³/mol. The van der Waals surface area contributed by atoms with Gasteiger partial charge in [0.1, 0.15) is 5.82 Å². The van der Waals surface area contributed by atoms with Crippen molar-refractivity contribution in [1.82, 2.24) is 10.2 Å². The average molecular weight is 358 g/mol. The predicted octanol–water partition coefficient (Wildman–Crippen LogP) is 2.33. The number of nitrogens with zero attached hydrogens (tertiary/aromatic N) is 1. The molecule has 5 nitrogen and oxygen atoms in total. The molecular weight excluding hydrogens is 335 g/mol. The Hall–Kier alpha value is -2.73. The largest absolute Gasteiger partial charge is 0.467 e. The molecule has 0 fully saturated rings. The van der Waals surface area contributed by atoms with Crippen molar-refractivity contribution in [3.8, 4) is 0 Å². The Morgan fingerprint density at radius 2 is 1.73 bits per heavy atom. The lowest BCUT2D eigenvalue weighted by atomic mass is 10.0. The highest BCUT2D eigenvalue weighted by molar-refractivity contribution is 5.88. The van der Waals surface area contributed by atoms with Crippen LogP contribution in [0.5, 0.6) is 0 Å². The smallest absolute Gasteiger partial charge is 0.333 e. The highest BCUT2D eigenvalue weighted by Gasteiger charge is 2.32. The minimum atomic E-state index is -0.835. The number of ether oxygens (including phenoxy) is 1. The second-order valence-corrected chi connectivity index (χ2v) is 5.96. The summed E-state index contributed by atoms with van der Waals surface area (Å²) in [5.41, 5.74) is 1.49. The van der Waals surface area contributed by atoms with Gasteiger partial charge in [-0.2, -0.15) is 0 Å². The molecule has 0 bridgehead atoms. The molecular formula is C20H23FN2O3.